The Balaban J connectivity index is 1.79. The quantitative estimate of drug-likeness (QED) is 0.894. The number of rotatable bonds is 3. The summed E-state index contributed by atoms with van der Waals surface area (Å²) in [5.74, 6) is 0.711. The molecule has 4 nitrogen and oxygen atoms in total. The third-order valence-corrected chi connectivity index (χ3v) is 3.52. The third kappa shape index (κ3) is 2.43. The number of pyridine rings is 1. The van der Waals surface area contributed by atoms with Gasteiger partial charge in [-0.2, -0.15) is 0 Å². The summed E-state index contributed by atoms with van der Waals surface area (Å²) in [6, 6.07) is 4.05. The van der Waals surface area contributed by atoms with Crippen molar-refractivity contribution in [3.05, 3.63) is 37.1 Å². The molecular formula is C14H18N4. The molecule has 1 atom stereocenters. The Kier molecular flexibility index (Phi) is 3.37. The summed E-state index contributed by atoms with van der Waals surface area (Å²) in [5.41, 5.74) is 2.30. The lowest BCUT2D eigenvalue weighted by Gasteiger charge is -2.23. The fraction of sp³-hybridized carbons (Fsp3) is 0.429. The first-order chi connectivity index (χ1) is 8.93. The van der Waals surface area contributed by atoms with Crippen molar-refractivity contribution in [1.82, 2.24) is 19.9 Å². The van der Waals surface area contributed by atoms with E-state index in [-0.39, 0.29) is 0 Å². The lowest BCUT2D eigenvalue weighted by Crippen LogP contribution is -2.32. The highest BCUT2D eigenvalue weighted by Gasteiger charge is 2.15. The number of hydrogen-bond acceptors (Lipinski definition) is 3. The van der Waals surface area contributed by atoms with E-state index in [1.165, 1.54) is 12.8 Å². The van der Waals surface area contributed by atoms with Crippen LogP contribution in [0.3, 0.4) is 0 Å². The zero-order valence-electron chi connectivity index (χ0n) is 10.4. The first-order valence-electron chi connectivity index (χ1n) is 6.55. The molecule has 0 saturated carbocycles. The van der Waals surface area contributed by atoms with Gasteiger partial charge in [0.25, 0.3) is 0 Å². The number of piperidine rings is 1. The number of nitrogens with one attached hydrogen (secondary N) is 1. The maximum absolute atomic E-state index is 4.28. The van der Waals surface area contributed by atoms with Crippen molar-refractivity contribution in [3.8, 4) is 11.3 Å². The summed E-state index contributed by atoms with van der Waals surface area (Å²) in [5, 5.41) is 3.46. The lowest BCUT2D eigenvalue weighted by molar-refractivity contribution is 0.338. The van der Waals surface area contributed by atoms with Gasteiger partial charge in [-0.15, -0.1) is 0 Å². The van der Waals surface area contributed by atoms with E-state index in [0.717, 1.165) is 30.9 Å². The van der Waals surface area contributed by atoms with E-state index in [4.69, 9.17) is 0 Å². The van der Waals surface area contributed by atoms with Crippen LogP contribution in [-0.4, -0.2) is 27.6 Å². The van der Waals surface area contributed by atoms with Gasteiger partial charge in [-0.3, -0.25) is 4.98 Å². The molecule has 1 unspecified atom stereocenters. The maximum Gasteiger partial charge on any atom is 0.0951 e. The second-order valence-electron chi connectivity index (χ2n) is 4.89. The highest BCUT2D eigenvalue weighted by molar-refractivity contribution is 5.57. The van der Waals surface area contributed by atoms with Gasteiger partial charge in [0.15, 0.2) is 0 Å². The Morgan fingerprint density at radius 2 is 2.33 bits per heavy atom. The molecule has 2 aromatic rings. The van der Waals surface area contributed by atoms with Gasteiger partial charge >= 0.3 is 0 Å². The van der Waals surface area contributed by atoms with Crippen LogP contribution >= 0.6 is 0 Å². The Bertz CT molecular complexity index is 486. The summed E-state index contributed by atoms with van der Waals surface area (Å²) in [6.07, 6.45) is 10.1. The van der Waals surface area contributed by atoms with E-state index in [1.54, 1.807) is 6.20 Å². The molecule has 94 valence electrons. The summed E-state index contributed by atoms with van der Waals surface area (Å²) < 4.78 is 2.24. The fourth-order valence-electron chi connectivity index (χ4n) is 2.58. The molecule has 2 aromatic heterocycles. The molecule has 0 spiro atoms. The average molecular weight is 242 g/mol. The van der Waals surface area contributed by atoms with Crippen LogP contribution in [0.25, 0.3) is 11.3 Å². The summed E-state index contributed by atoms with van der Waals surface area (Å²) in [4.78, 5) is 8.45. The van der Waals surface area contributed by atoms with Gasteiger partial charge in [-0.1, -0.05) is 0 Å². The third-order valence-electron chi connectivity index (χ3n) is 3.52. The lowest BCUT2D eigenvalue weighted by atomic mass is 9.99. The SMILES string of the molecule is c1cncc(-c2cncn2CC2CCCNC2)c1. The summed E-state index contributed by atoms with van der Waals surface area (Å²) >= 11 is 0. The maximum atomic E-state index is 4.28. The number of imidazole rings is 1. The Labute approximate surface area is 107 Å². The van der Waals surface area contributed by atoms with Crippen molar-refractivity contribution in [2.24, 2.45) is 5.92 Å². The second-order valence-corrected chi connectivity index (χ2v) is 4.89. The Morgan fingerprint density at radius 1 is 1.33 bits per heavy atom. The van der Waals surface area contributed by atoms with Crippen LogP contribution in [0.2, 0.25) is 0 Å². The van der Waals surface area contributed by atoms with Crippen LogP contribution in [0.15, 0.2) is 37.1 Å². The molecular weight excluding hydrogens is 224 g/mol. The zero-order chi connectivity index (χ0) is 12.2. The van der Waals surface area contributed by atoms with Crippen LogP contribution in [-0.2, 0) is 6.54 Å². The molecule has 0 amide bonds. The molecule has 1 N–H and O–H groups in total. The largest absolute Gasteiger partial charge is 0.330 e. The van der Waals surface area contributed by atoms with Gasteiger partial charge in [-0.25, -0.2) is 4.98 Å². The number of nitrogens with zero attached hydrogens (tertiary/aromatic N) is 3. The first kappa shape index (κ1) is 11.4. The zero-order valence-corrected chi connectivity index (χ0v) is 10.4. The molecule has 0 radical (unpaired) electrons. The smallest absolute Gasteiger partial charge is 0.0951 e. The predicted octanol–water partition coefficient (Wildman–Crippen LogP) is 1.94. The molecule has 1 saturated heterocycles. The predicted molar refractivity (Wildman–Crippen MR) is 71.1 cm³/mol. The molecule has 1 fully saturated rings. The van der Waals surface area contributed by atoms with Crippen molar-refractivity contribution in [2.75, 3.05) is 13.1 Å². The molecule has 1 aliphatic heterocycles. The van der Waals surface area contributed by atoms with Crippen LogP contribution in [0.5, 0.6) is 0 Å². The molecule has 18 heavy (non-hydrogen) atoms. The highest BCUT2D eigenvalue weighted by Crippen LogP contribution is 2.20. The molecule has 0 bridgehead atoms. The van der Waals surface area contributed by atoms with Crippen molar-refractivity contribution in [1.29, 1.82) is 0 Å². The van der Waals surface area contributed by atoms with Crippen LogP contribution in [0.4, 0.5) is 0 Å². The van der Waals surface area contributed by atoms with Gasteiger partial charge in [0.05, 0.1) is 18.2 Å². The van der Waals surface area contributed by atoms with E-state index in [0.29, 0.717) is 5.92 Å². The summed E-state index contributed by atoms with van der Waals surface area (Å²) in [7, 11) is 0. The number of aromatic nitrogens is 3. The monoisotopic (exact) mass is 242 g/mol. The summed E-state index contributed by atoms with van der Waals surface area (Å²) in [6.45, 7) is 3.32. The van der Waals surface area contributed by atoms with Gasteiger partial charge < -0.3 is 9.88 Å². The number of hydrogen-bond donors (Lipinski definition) is 1. The first-order valence-corrected chi connectivity index (χ1v) is 6.55. The van der Waals surface area contributed by atoms with Crippen LogP contribution < -0.4 is 5.32 Å². The topological polar surface area (TPSA) is 42.7 Å². The molecule has 3 rings (SSSR count). The second kappa shape index (κ2) is 5.31. The Morgan fingerprint density at radius 3 is 3.11 bits per heavy atom. The molecule has 0 aromatic carbocycles. The van der Waals surface area contributed by atoms with Gasteiger partial charge in [0, 0.05) is 24.5 Å². The van der Waals surface area contributed by atoms with Gasteiger partial charge in [0.2, 0.25) is 0 Å². The van der Waals surface area contributed by atoms with Gasteiger partial charge in [0.1, 0.15) is 0 Å². The van der Waals surface area contributed by atoms with Crippen molar-refractivity contribution < 1.29 is 0 Å². The van der Waals surface area contributed by atoms with Crippen LogP contribution in [0, 0.1) is 5.92 Å². The Hall–Kier alpha value is -1.68. The highest BCUT2D eigenvalue weighted by atomic mass is 15.1. The van der Waals surface area contributed by atoms with Crippen molar-refractivity contribution in [2.45, 2.75) is 19.4 Å². The molecule has 0 aliphatic carbocycles. The molecule has 3 heterocycles. The average Bonchev–Trinajstić information content (AvgIpc) is 2.89. The van der Waals surface area contributed by atoms with Crippen molar-refractivity contribution >= 4 is 0 Å². The van der Waals surface area contributed by atoms with Crippen molar-refractivity contribution in [3.63, 3.8) is 0 Å². The van der Waals surface area contributed by atoms with E-state index in [2.05, 4.69) is 25.9 Å². The molecule has 4 heteroatoms. The standard InChI is InChI=1S/C14H18N4/c1-3-12(7-15-5-1)10-18-11-17-9-14(18)13-4-2-6-16-8-13/h2,4,6,8-9,11-12,15H,1,3,5,7,10H2. The van der Waals surface area contributed by atoms with Gasteiger partial charge in [-0.05, 0) is 44.0 Å². The fourth-order valence-corrected chi connectivity index (χ4v) is 2.58. The minimum Gasteiger partial charge on any atom is -0.330 e. The van der Waals surface area contributed by atoms with E-state index >= 15 is 0 Å². The minimum absolute atomic E-state index is 0.711. The van der Waals surface area contributed by atoms with Crippen LogP contribution in [0.1, 0.15) is 12.8 Å². The molecule has 1 aliphatic rings. The minimum atomic E-state index is 0.711. The van der Waals surface area contributed by atoms with E-state index < -0.39 is 0 Å². The normalized spacial score (nSPS) is 19.9. The van der Waals surface area contributed by atoms with E-state index in [9.17, 15) is 0 Å². The van der Waals surface area contributed by atoms with E-state index in [1.807, 2.05) is 24.8 Å².